The van der Waals surface area contributed by atoms with Crippen LogP contribution in [0.1, 0.15) is 22.5 Å². The molecule has 0 unspecified atom stereocenters. The molecule has 0 spiro atoms. The predicted octanol–water partition coefficient (Wildman–Crippen LogP) is 3.85. The molecule has 0 saturated heterocycles. The van der Waals surface area contributed by atoms with Crippen LogP contribution in [-0.2, 0) is 12.4 Å². The number of benzene rings is 1. The standard InChI is InChI=1S/C13H13Cl2N3O2/c1-8-12(6-14)9(2)17(16-8)7-10-3-4-11(18(19)20)5-13(10)15/h3-5H,6-7H2,1-2H3. The summed E-state index contributed by atoms with van der Waals surface area (Å²) < 4.78 is 1.81. The van der Waals surface area contributed by atoms with E-state index in [9.17, 15) is 10.1 Å². The molecule has 0 N–H and O–H groups in total. The smallest absolute Gasteiger partial charge is 0.265 e. The van der Waals surface area contributed by atoms with Crippen LogP contribution in [0.3, 0.4) is 0 Å². The van der Waals surface area contributed by atoms with Crippen molar-refractivity contribution in [1.29, 1.82) is 0 Å². The number of halogens is 2. The maximum Gasteiger partial charge on any atom is 0.270 e. The van der Waals surface area contributed by atoms with E-state index < -0.39 is 4.92 Å². The van der Waals surface area contributed by atoms with Crippen molar-refractivity contribution in [3.8, 4) is 0 Å². The van der Waals surface area contributed by atoms with Crippen molar-refractivity contribution in [3.05, 3.63) is 55.9 Å². The zero-order chi connectivity index (χ0) is 14.9. The van der Waals surface area contributed by atoms with E-state index in [1.165, 1.54) is 12.1 Å². The Morgan fingerprint density at radius 3 is 2.60 bits per heavy atom. The molecule has 0 atom stereocenters. The van der Waals surface area contributed by atoms with Crippen molar-refractivity contribution in [2.75, 3.05) is 0 Å². The number of nitrogens with zero attached hydrogens (tertiary/aromatic N) is 3. The lowest BCUT2D eigenvalue weighted by atomic mass is 10.2. The van der Waals surface area contributed by atoms with Gasteiger partial charge >= 0.3 is 0 Å². The van der Waals surface area contributed by atoms with Gasteiger partial charge in [0.15, 0.2) is 0 Å². The molecule has 0 aliphatic rings. The zero-order valence-electron chi connectivity index (χ0n) is 11.1. The van der Waals surface area contributed by atoms with Crippen molar-refractivity contribution >= 4 is 28.9 Å². The van der Waals surface area contributed by atoms with E-state index >= 15 is 0 Å². The fourth-order valence-electron chi connectivity index (χ4n) is 2.02. The van der Waals surface area contributed by atoms with E-state index in [-0.39, 0.29) is 5.69 Å². The quantitative estimate of drug-likeness (QED) is 0.489. The molecule has 1 aromatic heterocycles. The number of hydrogen-bond donors (Lipinski definition) is 0. The lowest BCUT2D eigenvalue weighted by Gasteiger charge is -2.07. The fraction of sp³-hybridized carbons (Fsp3) is 0.308. The number of non-ortho nitro benzene ring substituents is 1. The van der Waals surface area contributed by atoms with Crippen LogP contribution in [0.4, 0.5) is 5.69 Å². The highest BCUT2D eigenvalue weighted by atomic mass is 35.5. The van der Waals surface area contributed by atoms with E-state index in [0.29, 0.717) is 17.4 Å². The Balaban J connectivity index is 2.33. The molecule has 0 bridgehead atoms. The zero-order valence-corrected chi connectivity index (χ0v) is 12.6. The van der Waals surface area contributed by atoms with Crippen molar-refractivity contribution < 1.29 is 4.92 Å². The SMILES string of the molecule is Cc1nn(Cc2ccc([N+](=O)[O-])cc2Cl)c(C)c1CCl. The van der Waals surface area contributed by atoms with Gasteiger partial charge in [-0.1, -0.05) is 11.6 Å². The van der Waals surface area contributed by atoms with Crippen molar-refractivity contribution in [3.63, 3.8) is 0 Å². The topological polar surface area (TPSA) is 61.0 Å². The molecular weight excluding hydrogens is 301 g/mol. The van der Waals surface area contributed by atoms with E-state index in [1.54, 1.807) is 10.7 Å². The predicted molar refractivity (Wildman–Crippen MR) is 78.5 cm³/mol. The summed E-state index contributed by atoms with van der Waals surface area (Å²) in [6.45, 7) is 4.30. The van der Waals surface area contributed by atoms with Gasteiger partial charge in [0.1, 0.15) is 0 Å². The van der Waals surface area contributed by atoms with Gasteiger partial charge in [-0.3, -0.25) is 14.8 Å². The van der Waals surface area contributed by atoms with Crippen LogP contribution in [0.15, 0.2) is 18.2 Å². The lowest BCUT2D eigenvalue weighted by Crippen LogP contribution is -2.05. The minimum absolute atomic E-state index is 0.0198. The maximum atomic E-state index is 10.7. The Bertz CT molecular complexity index is 668. The average Bonchev–Trinajstić information content (AvgIpc) is 2.66. The molecule has 2 rings (SSSR count). The summed E-state index contributed by atoms with van der Waals surface area (Å²) in [4.78, 5) is 10.2. The normalized spacial score (nSPS) is 10.8. The largest absolute Gasteiger partial charge is 0.270 e. The van der Waals surface area contributed by atoms with Crippen LogP contribution in [0.2, 0.25) is 5.02 Å². The number of nitro groups is 1. The monoisotopic (exact) mass is 313 g/mol. The second kappa shape index (κ2) is 5.81. The van der Waals surface area contributed by atoms with Gasteiger partial charge in [0.05, 0.1) is 28.1 Å². The van der Waals surface area contributed by atoms with E-state index in [2.05, 4.69) is 5.10 Å². The summed E-state index contributed by atoms with van der Waals surface area (Å²) in [5, 5.41) is 15.5. The first-order chi connectivity index (χ1) is 9.43. The van der Waals surface area contributed by atoms with Crippen LogP contribution in [-0.4, -0.2) is 14.7 Å². The highest BCUT2D eigenvalue weighted by molar-refractivity contribution is 6.31. The molecule has 5 nitrogen and oxygen atoms in total. The Labute approximate surface area is 126 Å². The molecule has 0 amide bonds. The van der Waals surface area contributed by atoms with Gasteiger partial charge in [0.2, 0.25) is 0 Å². The van der Waals surface area contributed by atoms with Crippen LogP contribution in [0.5, 0.6) is 0 Å². The Morgan fingerprint density at radius 1 is 1.40 bits per heavy atom. The van der Waals surface area contributed by atoms with Crippen molar-refractivity contribution in [2.24, 2.45) is 0 Å². The number of rotatable bonds is 4. The van der Waals surface area contributed by atoms with Gasteiger partial charge in [0, 0.05) is 23.4 Å². The fourth-order valence-corrected chi connectivity index (χ4v) is 2.64. The third-order valence-corrected chi connectivity index (χ3v) is 3.85. The number of aromatic nitrogens is 2. The summed E-state index contributed by atoms with van der Waals surface area (Å²) in [6.07, 6.45) is 0. The first-order valence-electron chi connectivity index (χ1n) is 5.95. The van der Waals surface area contributed by atoms with Crippen LogP contribution < -0.4 is 0 Å². The molecule has 0 aliphatic heterocycles. The number of nitro benzene ring substituents is 1. The molecule has 0 saturated carbocycles. The number of aryl methyl sites for hydroxylation is 1. The van der Waals surface area contributed by atoms with Crippen LogP contribution >= 0.6 is 23.2 Å². The van der Waals surface area contributed by atoms with Gasteiger partial charge in [-0.05, 0) is 25.5 Å². The molecule has 20 heavy (non-hydrogen) atoms. The molecule has 2 aromatic rings. The minimum Gasteiger partial charge on any atom is -0.265 e. The molecule has 1 aromatic carbocycles. The van der Waals surface area contributed by atoms with Gasteiger partial charge < -0.3 is 0 Å². The second-order valence-corrected chi connectivity index (χ2v) is 5.15. The van der Waals surface area contributed by atoms with Crippen LogP contribution in [0, 0.1) is 24.0 Å². The third-order valence-electron chi connectivity index (χ3n) is 3.23. The molecule has 0 aliphatic carbocycles. The first kappa shape index (κ1) is 14.8. The van der Waals surface area contributed by atoms with Gasteiger partial charge in [-0.2, -0.15) is 5.10 Å². The van der Waals surface area contributed by atoms with Crippen molar-refractivity contribution in [1.82, 2.24) is 9.78 Å². The second-order valence-electron chi connectivity index (χ2n) is 4.47. The minimum atomic E-state index is -0.468. The van der Waals surface area contributed by atoms with Gasteiger partial charge in [-0.15, -0.1) is 11.6 Å². The highest BCUT2D eigenvalue weighted by Gasteiger charge is 2.14. The van der Waals surface area contributed by atoms with E-state index in [0.717, 1.165) is 22.5 Å². The molecule has 7 heteroatoms. The van der Waals surface area contributed by atoms with E-state index in [4.69, 9.17) is 23.2 Å². The van der Waals surface area contributed by atoms with E-state index in [1.807, 2.05) is 13.8 Å². The summed E-state index contributed by atoms with van der Waals surface area (Å²) in [7, 11) is 0. The maximum absolute atomic E-state index is 10.7. The average molecular weight is 314 g/mol. The Hall–Kier alpha value is -1.59. The van der Waals surface area contributed by atoms with Crippen LogP contribution in [0.25, 0.3) is 0 Å². The third kappa shape index (κ3) is 2.78. The first-order valence-corrected chi connectivity index (χ1v) is 6.87. The van der Waals surface area contributed by atoms with Gasteiger partial charge in [-0.25, -0.2) is 0 Å². The Kier molecular flexibility index (Phi) is 4.30. The summed E-state index contributed by atoms with van der Waals surface area (Å²) in [6, 6.07) is 4.44. The molecule has 0 fully saturated rings. The number of alkyl halides is 1. The molecule has 1 heterocycles. The lowest BCUT2D eigenvalue weighted by molar-refractivity contribution is -0.384. The van der Waals surface area contributed by atoms with Gasteiger partial charge in [0.25, 0.3) is 5.69 Å². The summed E-state index contributed by atoms with van der Waals surface area (Å²) in [5.74, 6) is 0.408. The summed E-state index contributed by atoms with van der Waals surface area (Å²) in [5.41, 5.74) is 3.63. The molecule has 106 valence electrons. The Morgan fingerprint density at radius 2 is 2.10 bits per heavy atom. The highest BCUT2D eigenvalue weighted by Crippen LogP contribution is 2.24. The summed E-state index contributed by atoms with van der Waals surface area (Å²) >= 11 is 12.0. The van der Waals surface area contributed by atoms with Crippen molar-refractivity contribution in [2.45, 2.75) is 26.3 Å². The molecular formula is C13H13Cl2N3O2. The molecule has 0 radical (unpaired) electrons. The number of hydrogen-bond acceptors (Lipinski definition) is 3.